The first-order valence-electron chi connectivity index (χ1n) is 9.40. The number of hydrogen-bond donors (Lipinski definition) is 1. The summed E-state index contributed by atoms with van der Waals surface area (Å²) in [5.74, 6) is 0.690. The van der Waals surface area contributed by atoms with Gasteiger partial charge in [0.2, 0.25) is 5.91 Å². The topological polar surface area (TPSA) is 24.8 Å². The first-order valence-corrected chi connectivity index (χ1v) is 9.40. The molecule has 0 saturated carbocycles. The van der Waals surface area contributed by atoms with Crippen LogP contribution in [0.3, 0.4) is 0 Å². The number of likely N-dealkylation sites (tertiary alicyclic amines) is 2. The van der Waals surface area contributed by atoms with Crippen LogP contribution in [0.5, 0.6) is 0 Å². The molecule has 1 unspecified atom stereocenters. The molecular formula is C20H31N2O+. The number of nitrogens with one attached hydrogen (secondary N) is 1. The lowest BCUT2D eigenvalue weighted by Crippen LogP contribution is -3.12. The zero-order chi connectivity index (χ0) is 16.1. The lowest BCUT2D eigenvalue weighted by molar-refractivity contribution is -0.921. The third-order valence-corrected chi connectivity index (χ3v) is 5.46. The number of rotatable bonds is 3. The van der Waals surface area contributed by atoms with E-state index < -0.39 is 0 Å². The fourth-order valence-electron chi connectivity index (χ4n) is 4.07. The van der Waals surface area contributed by atoms with Crippen molar-refractivity contribution in [2.24, 2.45) is 5.92 Å². The largest absolute Gasteiger partial charge is 0.342 e. The first-order chi connectivity index (χ1) is 11.2. The zero-order valence-electron chi connectivity index (χ0n) is 14.5. The molecule has 2 fully saturated rings. The van der Waals surface area contributed by atoms with Crippen LogP contribution in [0.2, 0.25) is 0 Å². The molecule has 2 saturated heterocycles. The van der Waals surface area contributed by atoms with Gasteiger partial charge in [-0.15, -0.1) is 0 Å². The van der Waals surface area contributed by atoms with Crippen molar-refractivity contribution in [3.63, 3.8) is 0 Å². The molecule has 1 N–H and O–H groups in total. The Morgan fingerprint density at radius 2 is 1.78 bits per heavy atom. The van der Waals surface area contributed by atoms with Gasteiger partial charge in [-0.25, -0.2) is 0 Å². The Morgan fingerprint density at radius 1 is 1.09 bits per heavy atom. The lowest BCUT2D eigenvalue weighted by Gasteiger charge is -2.32. The Morgan fingerprint density at radius 3 is 2.48 bits per heavy atom. The molecule has 0 aromatic heterocycles. The van der Waals surface area contributed by atoms with Crippen molar-refractivity contribution in [2.75, 3.05) is 26.2 Å². The molecular weight excluding hydrogens is 284 g/mol. The maximum atomic E-state index is 12.9. The molecule has 0 spiro atoms. The summed E-state index contributed by atoms with van der Waals surface area (Å²) in [5.41, 5.74) is 2.71. The lowest BCUT2D eigenvalue weighted by atomic mass is 9.96. The highest BCUT2D eigenvalue weighted by Gasteiger charge is 2.31. The molecule has 2 aliphatic heterocycles. The van der Waals surface area contributed by atoms with E-state index >= 15 is 0 Å². The molecule has 0 bridgehead atoms. The van der Waals surface area contributed by atoms with Crippen LogP contribution in [-0.2, 0) is 11.3 Å². The highest BCUT2D eigenvalue weighted by atomic mass is 16.2. The second-order valence-corrected chi connectivity index (χ2v) is 7.45. The van der Waals surface area contributed by atoms with Gasteiger partial charge in [0, 0.05) is 18.7 Å². The third-order valence-electron chi connectivity index (χ3n) is 5.46. The summed E-state index contributed by atoms with van der Waals surface area (Å²) in [4.78, 5) is 16.6. The summed E-state index contributed by atoms with van der Waals surface area (Å²) in [6.07, 6.45) is 7.24. The van der Waals surface area contributed by atoms with Crippen LogP contribution in [0.4, 0.5) is 0 Å². The van der Waals surface area contributed by atoms with Gasteiger partial charge in [-0.2, -0.15) is 0 Å². The molecule has 3 heteroatoms. The Kier molecular flexibility index (Phi) is 5.71. The van der Waals surface area contributed by atoms with Crippen LogP contribution in [0, 0.1) is 12.8 Å². The number of quaternary nitrogens is 1. The molecule has 23 heavy (non-hydrogen) atoms. The van der Waals surface area contributed by atoms with E-state index in [9.17, 15) is 4.79 Å². The quantitative estimate of drug-likeness (QED) is 0.909. The fraction of sp³-hybridized carbons (Fsp3) is 0.650. The summed E-state index contributed by atoms with van der Waals surface area (Å²) in [6.45, 7) is 7.39. The van der Waals surface area contributed by atoms with Crippen LogP contribution in [0.1, 0.15) is 49.7 Å². The van der Waals surface area contributed by atoms with Gasteiger partial charge in [-0.1, -0.05) is 42.7 Å². The van der Waals surface area contributed by atoms with Gasteiger partial charge >= 0.3 is 0 Å². The predicted molar refractivity (Wildman–Crippen MR) is 93.4 cm³/mol. The molecule has 2 atom stereocenters. The average molecular weight is 315 g/mol. The number of carbonyl (C=O) groups excluding carboxylic acids is 1. The van der Waals surface area contributed by atoms with Crippen molar-refractivity contribution < 1.29 is 9.69 Å². The van der Waals surface area contributed by atoms with E-state index in [0.29, 0.717) is 5.91 Å². The summed E-state index contributed by atoms with van der Waals surface area (Å²) >= 11 is 0. The van der Waals surface area contributed by atoms with Gasteiger partial charge < -0.3 is 9.80 Å². The van der Waals surface area contributed by atoms with Crippen molar-refractivity contribution >= 4 is 5.91 Å². The smallest absolute Gasteiger partial charge is 0.231 e. The summed E-state index contributed by atoms with van der Waals surface area (Å²) in [5, 5.41) is 0. The number of aryl methyl sites for hydroxylation is 1. The van der Waals surface area contributed by atoms with E-state index in [1.54, 1.807) is 4.90 Å². The Bertz CT molecular complexity index is 503. The number of amides is 1. The van der Waals surface area contributed by atoms with Gasteiger partial charge in [0.25, 0.3) is 0 Å². The van der Waals surface area contributed by atoms with Crippen LogP contribution in [0.15, 0.2) is 24.3 Å². The third kappa shape index (κ3) is 4.57. The minimum absolute atomic E-state index is 0.252. The maximum Gasteiger partial charge on any atom is 0.231 e. The van der Waals surface area contributed by atoms with Crippen molar-refractivity contribution in [1.29, 1.82) is 0 Å². The van der Waals surface area contributed by atoms with Crippen molar-refractivity contribution in [3.8, 4) is 0 Å². The van der Waals surface area contributed by atoms with Gasteiger partial charge in [-0.3, -0.25) is 4.79 Å². The van der Waals surface area contributed by atoms with E-state index in [4.69, 9.17) is 0 Å². The number of carbonyl (C=O) groups is 1. The second-order valence-electron chi connectivity index (χ2n) is 7.45. The Labute approximate surface area is 140 Å². The Balaban J connectivity index is 1.56. The van der Waals surface area contributed by atoms with E-state index in [2.05, 4.69) is 36.1 Å². The molecule has 1 amide bonds. The monoisotopic (exact) mass is 315 g/mol. The van der Waals surface area contributed by atoms with Crippen molar-refractivity contribution in [1.82, 2.24) is 4.90 Å². The van der Waals surface area contributed by atoms with E-state index in [0.717, 1.165) is 32.6 Å². The summed E-state index contributed by atoms with van der Waals surface area (Å²) in [7, 11) is 0. The van der Waals surface area contributed by atoms with E-state index in [1.807, 2.05) is 0 Å². The molecule has 0 aliphatic carbocycles. The number of piperidine rings is 1. The van der Waals surface area contributed by atoms with Gasteiger partial charge in [0.05, 0.1) is 19.0 Å². The van der Waals surface area contributed by atoms with Gasteiger partial charge in [-0.05, 0) is 32.6 Å². The standard InChI is InChI=1S/C20H30N2O/c1-17-8-10-18(11-9-17)15-21-12-6-7-19(16-21)20(23)22-13-4-2-3-5-14-22/h8-11,19H,2-7,12-16H2,1H3/p+1/t19-/m1/s1. The second kappa shape index (κ2) is 7.96. The predicted octanol–water partition coefficient (Wildman–Crippen LogP) is 2.19. The molecule has 1 aromatic carbocycles. The fourth-order valence-corrected chi connectivity index (χ4v) is 4.07. The zero-order valence-corrected chi connectivity index (χ0v) is 14.5. The van der Waals surface area contributed by atoms with E-state index in [-0.39, 0.29) is 5.92 Å². The van der Waals surface area contributed by atoms with Crippen LogP contribution in [0.25, 0.3) is 0 Å². The number of nitrogens with zero attached hydrogens (tertiary/aromatic N) is 1. The molecule has 0 radical (unpaired) electrons. The minimum atomic E-state index is 0.252. The highest BCUT2D eigenvalue weighted by Crippen LogP contribution is 2.16. The molecule has 2 aliphatic rings. The average Bonchev–Trinajstić information content (AvgIpc) is 2.86. The van der Waals surface area contributed by atoms with Crippen LogP contribution >= 0.6 is 0 Å². The molecule has 1 aromatic rings. The van der Waals surface area contributed by atoms with Gasteiger partial charge in [0.15, 0.2) is 0 Å². The first kappa shape index (κ1) is 16.5. The van der Waals surface area contributed by atoms with Gasteiger partial charge in [0.1, 0.15) is 6.54 Å². The molecule has 126 valence electrons. The SMILES string of the molecule is Cc1ccc(C[NH+]2CCC[C@@H](C(=O)N3CCCCCC3)C2)cc1. The summed E-state index contributed by atoms with van der Waals surface area (Å²) in [6, 6.07) is 8.86. The minimum Gasteiger partial charge on any atom is -0.342 e. The Hall–Kier alpha value is -1.35. The van der Waals surface area contributed by atoms with Crippen molar-refractivity contribution in [3.05, 3.63) is 35.4 Å². The molecule has 3 nitrogen and oxygen atoms in total. The van der Waals surface area contributed by atoms with Crippen LogP contribution < -0.4 is 4.90 Å². The number of hydrogen-bond acceptors (Lipinski definition) is 1. The molecule has 3 rings (SSSR count). The van der Waals surface area contributed by atoms with Crippen molar-refractivity contribution in [2.45, 2.75) is 52.0 Å². The normalized spacial score (nSPS) is 25.9. The molecule has 2 heterocycles. The van der Waals surface area contributed by atoms with Crippen LogP contribution in [-0.4, -0.2) is 37.0 Å². The summed E-state index contributed by atoms with van der Waals surface area (Å²) < 4.78 is 0. The van der Waals surface area contributed by atoms with E-state index in [1.165, 1.54) is 49.8 Å². The highest BCUT2D eigenvalue weighted by molar-refractivity contribution is 5.79. The number of benzene rings is 1. The maximum absolute atomic E-state index is 12.9.